The molecule has 3 nitrogen and oxygen atoms in total. The van der Waals surface area contributed by atoms with Crippen LogP contribution in [0.15, 0.2) is 18.2 Å². The van der Waals surface area contributed by atoms with Gasteiger partial charge in [0.05, 0.1) is 10.6 Å². The van der Waals surface area contributed by atoms with E-state index in [0.717, 1.165) is 12.0 Å². The third-order valence-electron chi connectivity index (χ3n) is 2.42. The van der Waals surface area contributed by atoms with Crippen molar-refractivity contribution in [3.05, 3.63) is 34.3 Å². The zero-order valence-electron chi connectivity index (χ0n) is 9.59. The first-order valence-electron chi connectivity index (χ1n) is 5.34. The topological polar surface area (TPSA) is 55.1 Å². The monoisotopic (exact) mass is 240 g/mol. The standard InChI is InChI=1S/C12H17ClN2O/c1-3-9(14)7-15-12(16)10-5-4-8(2)6-11(10)13/h4-6,9H,3,7,14H2,1-2H3,(H,15,16). The maximum atomic E-state index is 11.7. The SMILES string of the molecule is CCC(N)CNC(=O)c1ccc(C)cc1Cl. The molecule has 0 heterocycles. The van der Waals surface area contributed by atoms with Crippen LogP contribution in [0.3, 0.4) is 0 Å². The summed E-state index contributed by atoms with van der Waals surface area (Å²) in [5.74, 6) is -0.172. The number of benzene rings is 1. The minimum absolute atomic E-state index is 0.00632. The molecular formula is C12H17ClN2O. The predicted molar refractivity (Wildman–Crippen MR) is 66.8 cm³/mol. The van der Waals surface area contributed by atoms with E-state index in [-0.39, 0.29) is 11.9 Å². The number of halogens is 1. The maximum Gasteiger partial charge on any atom is 0.252 e. The molecule has 0 saturated heterocycles. The second kappa shape index (κ2) is 5.87. The quantitative estimate of drug-likeness (QED) is 0.847. The average Bonchev–Trinajstić information content (AvgIpc) is 2.25. The minimum atomic E-state index is -0.172. The molecule has 0 spiro atoms. The van der Waals surface area contributed by atoms with Crippen LogP contribution in [-0.2, 0) is 0 Å². The van der Waals surface area contributed by atoms with E-state index in [1.54, 1.807) is 12.1 Å². The lowest BCUT2D eigenvalue weighted by Gasteiger charge is -2.11. The summed E-state index contributed by atoms with van der Waals surface area (Å²) in [6.45, 7) is 4.38. The maximum absolute atomic E-state index is 11.7. The Morgan fingerprint density at radius 2 is 2.25 bits per heavy atom. The molecular weight excluding hydrogens is 224 g/mol. The fourth-order valence-electron chi connectivity index (χ4n) is 1.27. The van der Waals surface area contributed by atoms with Crippen molar-refractivity contribution >= 4 is 17.5 Å². The van der Waals surface area contributed by atoms with Gasteiger partial charge in [0.1, 0.15) is 0 Å². The fourth-order valence-corrected chi connectivity index (χ4v) is 1.59. The van der Waals surface area contributed by atoms with Crippen molar-refractivity contribution in [2.24, 2.45) is 5.73 Å². The van der Waals surface area contributed by atoms with Crippen LogP contribution in [0.4, 0.5) is 0 Å². The van der Waals surface area contributed by atoms with Crippen LogP contribution in [0.1, 0.15) is 29.3 Å². The summed E-state index contributed by atoms with van der Waals surface area (Å²) in [6, 6.07) is 5.36. The molecule has 1 amide bonds. The first-order chi connectivity index (χ1) is 7.54. The van der Waals surface area contributed by atoms with Crippen molar-refractivity contribution in [3.63, 3.8) is 0 Å². The van der Waals surface area contributed by atoms with Gasteiger partial charge < -0.3 is 11.1 Å². The van der Waals surface area contributed by atoms with Crippen LogP contribution in [-0.4, -0.2) is 18.5 Å². The first-order valence-corrected chi connectivity index (χ1v) is 5.72. The van der Waals surface area contributed by atoms with Gasteiger partial charge in [-0.1, -0.05) is 24.6 Å². The van der Waals surface area contributed by atoms with Gasteiger partial charge in [-0.3, -0.25) is 4.79 Å². The largest absolute Gasteiger partial charge is 0.350 e. The lowest BCUT2D eigenvalue weighted by atomic mass is 10.1. The molecule has 0 aliphatic heterocycles. The number of nitrogens with one attached hydrogen (secondary N) is 1. The van der Waals surface area contributed by atoms with Gasteiger partial charge in [-0.15, -0.1) is 0 Å². The zero-order valence-corrected chi connectivity index (χ0v) is 10.3. The highest BCUT2D eigenvalue weighted by Crippen LogP contribution is 2.17. The van der Waals surface area contributed by atoms with Crippen molar-refractivity contribution in [2.75, 3.05) is 6.54 Å². The highest BCUT2D eigenvalue weighted by atomic mass is 35.5. The Morgan fingerprint density at radius 3 is 2.81 bits per heavy atom. The van der Waals surface area contributed by atoms with Crippen LogP contribution in [0.5, 0.6) is 0 Å². The molecule has 1 unspecified atom stereocenters. The van der Waals surface area contributed by atoms with Crippen molar-refractivity contribution in [1.82, 2.24) is 5.32 Å². The Hall–Kier alpha value is -1.06. The molecule has 0 fully saturated rings. The number of hydrogen-bond acceptors (Lipinski definition) is 2. The van der Waals surface area contributed by atoms with Gasteiger partial charge in [-0.05, 0) is 31.0 Å². The van der Waals surface area contributed by atoms with Crippen LogP contribution in [0, 0.1) is 6.92 Å². The summed E-state index contributed by atoms with van der Waals surface area (Å²) in [4.78, 5) is 11.7. The predicted octanol–water partition coefficient (Wildman–Crippen LogP) is 2.12. The molecule has 3 N–H and O–H groups in total. The normalized spacial score (nSPS) is 12.2. The number of nitrogens with two attached hydrogens (primary N) is 1. The van der Waals surface area contributed by atoms with E-state index in [1.807, 2.05) is 19.9 Å². The smallest absolute Gasteiger partial charge is 0.252 e. The summed E-state index contributed by atoms with van der Waals surface area (Å²) < 4.78 is 0. The van der Waals surface area contributed by atoms with Crippen molar-refractivity contribution in [3.8, 4) is 0 Å². The highest BCUT2D eigenvalue weighted by Gasteiger charge is 2.10. The van der Waals surface area contributed by atoms with Gasteiger partial charge in [0.25, 0.3) is 5.91 Å². The van der Waals surface area contributed by atoms with Gasteiger partial charge in [-0.25, -0.2) is 0 Å². The Kier molecular flexibility index (Phi) is 4.77. The molecule has 0 aliphatic rings. The molecule has 1 aromatic carbocycles. The third-order valence-corrected chi connectivity index (χ3v) is 2.73. The summed E-state index contributed by atoms with van der Waals surface area (Å²) in [6.07, 6.45) is 0.835. The van der Waals surface area contributed by atoms with Gasteiger partial charge in [0.15, 0.2) is 0 Å². The van der Waals surface area contributed by atoms with Gasteiger partial charge in [0, 0.05) is 12.6 Å². The molecule has 0 aromatic heterocycles. The van der Waals surface area contributed by atoms with E-state index in [2.05, 4.69) is 5.32 Å². The molecule has 88 valence electrons. The molecule has 1 atom stereocenters. The van der Waals surface area contributed by atoms with E-state index >= 15 is 0 Å². The van der Waals surface area contributed by atoms with Crippen LogP contribution < -0.4 is 11.1 Å². The van der Waals surface area contributed by atoms with Gasteiger partial charge in [0.2, 0.25) is 0 Å². The fraction of sp³-hybridized carbons (Fsp3) is 0.417. The van der Waals surface area contributed by atoms with Crippen LogP contribution in [0.2, 0.25) is 5.02 Å². The molecule has 16 heavy (non-hydrogen) atoms. The first kappa shape index (κ1) is 13.0. The van der Waals surface area contributed by atoms with Crippen molar-refractivity contribution < 1.29 is 4.79 Å². The number of amides is 1. The summed E-state index contributed by atoms with van der Waals surface area (Å²) in [5.41, 5.74) is 7.24. The molecule has 0 aliphatic carbocycles. The summed E-state index contributed by atoms with van der Waals surface area (Å²) in [5, 5.41) is 3.24. The Balaban J connectivity index is 2.66. The Labute approximate surface area is 101 Å². The molecule has 1 aromatic rings. The van der Waals surface area contributed by atoms with Gasteiger partial charge in [-0.2, -0.15) is 0 Å². The second-order valence-electron chi connectivity index (χ2n) is 3.86. The molecule has 0 saturated carbocycles. The Morgan fingerprint density at radius 1 is 1.56 bits per heavy atom. The lowest BCUT2D eigenvalue weighted by molar-refractivity contribution is 0.0951. The van der Waals surface area contributed by atoms with E-state index in [4.69, 9.17) is 17.3 Å². The number of hydrogen-bond donors (Lipinski definition) is 2. The zero-order chi connectivity index (χ0) is 12.1. The second-order valence-corrected chi connectivity index (χ2v) is 4.27. The number of rotatable bonds is 4. The lowest BCUT2D eigenvalue weighted by Crippen LogP contribution is -2.36. The van der Waals surface area contributed by atoms with Crippen LogP contribution in [0.25, 0.3) is 0 Å². The number of carbonyl (C=O) groups is 1. The number of aryl methyl sites for hydroxylation is 1. The average molecular weight is 241 g/mol. The minimum Gasteiger partial charge on any atom is -0.350 e. The molecule has 0 bridgehead atoms. The molecule has 0 radical (unpaired) electrons. The Bertz CT molecular complexity index is 379. The summed E-state index contributed by atoms with van der Waals surface area (Å²) in [7, 11) is 0. The summed E-state index contributed by atoms with van der Waals surface area (Å²) >= 11 is 5.98. The molecule has 4 heteroatoms. The highest BCUT2D eigenvalue weighted by molar-refractivity contribution is 6.33. The van der Waals surface area contributed by atoms with E-state index in [0.29, 0.717) is 17.1 Å². The van der Waals surface area contributed by atoms with E-state index in [1.165, 1.54) is 0 Å². The number of carbonyl (C=O) groups excluding carboxylic acids is 1. The van der Waals surface area contributed by atoms with Crippen molar-refractivity contribution in [2.45, 2.75) is 26.3 Å². The van der Waals surface area contributed by atoms with Gasteiger partial charge >= 0.3 is 0 Å². The van der Waals surface area contributed by atoms with Crippen LogP contribution >= 0.6 is 11.6 Å². The van der Waals surface area contributed by atoms with Crippen molar-refractivity contribution in [1.29, 1.82) is 0 Å². The van der Waals surface area contributed by atoms with E-state index < -0.39 is 0 Å². The molecule has 1 rings (SSSR count). The van der Waals surface area contributed by atoms with E-state index in [9.17, 15) is 4.79 Å². The third kappa shape index (κ3) is 3.51.